The van der Waals surface area contributed by atoms with Crippen molar-refractivity contribution in [1.29, 1.82) is 0 Å². The summed E-state index contributed by atoms with van der Waals surface area (Å²) in [5.41, 5.74) is 0.410. The van der Waals surface area contributed by atoms with Gasteiger partial charge in [0.05, 0.1) is 0 Å². The van der Waals surface area contributed by atoms with Crippen LogP contribution in [0.25, 0.3) is 0 Å². The van der Waals surface area contributed by atoms with Crippen molar-refractivity contribution in [1.82, 2.24) is 9.80 Å². The second kappa shape index (κ2) is 17.7. The second-order valence-electron chi connectivity index (χ2n) is 9.14. The number of piperidine rings is 2. The van der Waals surface area contributed by atoms with Crippen molar-refractivity contribution in [3.63, 3.8) is 0 Å². The smallest absolute Gasteiger partial charge is 0.854 e. The van der Waals surface area contributed by atoms with Gasteiger partial charge in [0, 0.05) is 19.8 Å². The minimum atomic E-state index is 0. The average Bonchev–Trinajstić information content (AvgIpc) is 2.64. The normalized spacial score (nSPS) is 19.1. The van der Waals surface area contributed by atoms with Crippen LogP contribution in [0.15, 0.2) is 0 Å². The molecule has 0 saturated carbocycles. The first-order valence-corrected chi connectivity index (χ1v) is 11.1. The van der Waals surface area contributed by atoms with Crippen LogP contribution in [0.1, 0.15) is 78.6 Å². The van der Waals surface area contributed by atoms with Gasteiger partial charge in [0.1, 0.15) is 0 Å². The maximum Gasteiger partial charge on any atom is 1.00 e. The molecule has 2 aliphatic rings. The van der Waals surface area contributed by atoms with E-state index in [1.165, 1.54) is 77.7 Å². The van der Waals surface area contributed by atoms with Gasteiger partial charge in [-0.25, -0.2) is 0 Å². The summed E-state index contributed by atoms with van der Waals surface area (Å²) in [5.74, 6) is 0. The van der Waals surface area contributed by atoms with Gasteiger partial charge in [0.25, 0.3) is 0 Å². The van der Waals surface area contributed by atoms with E-state index in [2.05, 4.69) is 30.6 Å². The van der Waals surface area contributed by atoms with Gasteiger partial charge in [0.2, 0.25) is 0 Å². The summed E-state index contributed by atoms with van der Waals surface area (Å²) in [6.07, 6.45) is 11.5. The monoisotopic (exact) mass is 392 g/mol. The van der Waals surface area contributed by atoms with Crippen molar-refractivity contribution in [2.45, 2.75) is 78.6 Å². The van der Waals surface area contributed by atoms with Gasteiger partial charge in [-0.1, -0.05) is 40.0 Å². The Morgan fingerprint density at radius 1 is 0.741 bits per heavy atom. The first-order valence-electron chi connectivity index (χ1n) is 11.1. The van der Waals surface area contributed by atoms with E-state index in [4.69, 9.17) is 4.74 Å². The third kappa shape index (κ3) is 17.4. The minimum absolute atomic E-state index is 0. The molecule has 2 aliphatic heterocycles. The third-order valence-corrected chi connectivity index (χ3v) is 5.28. The van der Waals surface area contributed by atoms with Crippen LogP contribution in [-0.4, -0.2) is 68.9 Å². The maximum absolute atomic E-state index is 10.1. The Hall–Kier alpha value is 0.840. The van der Waals surface area contributed by atoms with E-state index < -0.39 is 0 Å². The molecule has 5 heteroatoms. The van der Waals surface area contributed by atoms with Gasteiger partial charge in [-0.2, -0.15) is 0 Å². The third-order valence-electron chi connectivity index (χ3n) is 5.28. The van der Waals surface area contributed by atoms with Crippen LogP contribution in [0.5, 0.6) is 0 Å². The molecule has 0 radical (unpaired) electrons. The molecule has 0 unspecified atom stereocenters. The van der Waals surface area contributed by atoms with E-state index in [9.17, 15) is 5.11 Å². The zero-order chi connectivity index (χ0) is 19.1. The molecule has 2 fully saturated rings. The van der Waals surface area contributed by atoms with Crippen molar-refractivity contribution in [2.75, 3.05) is 59.1 Å². The van der Waals surface area contributed by atoms with Crippen LogP contribution in [0.3, 0.4) is 0 Å². The topological polar surface area (TPSA) is 38.8 Å². The Balaban J connectivity index is 0.000000531. The van der Waals surface area contributed by atoms with E-state index in [0.717, 1.165) is 32.6 Å². The number of rotatable bonds is 9. The first kappa shape index (κ1) is 27.8. The summed E-state index contributed by atoms with van der Waals surface area (Å²) in [6.45, 7) is 16.1. The average molecular weight is 393 g/mol. The van der Waals surface area contributed by atoms with Crippen molar-refractivity contribution >= 4 is 0 Å². The fraction of sp³-hybridized carbons (Fsp3) is 1.00. The van der Waals surface area contributed by atoms with E-state index in [1.807, 2.05) is 0 Å². The zero-order valence-electron chi connectivity index (χ0n) is 18.9. The fourth-order valence-corrected chi connectivity index (χ4v) is 3.52. The summed E-state index contributed by atoms with van der Waals surface area (Å²) in [5, 5.41) is 10.1. The minimum Gasteiger partial charge on any atom is -0.854 e. The Morgan fingerprint density at radius 3 is 1.67 bits per heavy atom. The van der Waals surface area contributed by atoms with E-state index in [-0.39, 0.29) is 36.2 Å². The molecule has 2 saturated heterocycles. The summed E-state index contributed by atoms with van der Waals surface area (Å²) in [6, 6.07) is 0. The second-order valence-corrected chi connectivity index (χ2v) is 9.14. The summed E-state index contributed by atoms with van der Waals surface area (Å²) < 4.78 is 5.67. The summed E-state index contributed by atoms with van der Waals surface area (Å²) in [7, 11) is 0. The Labute approximate surface area is 191 Å². The Morgan fingerprint density at radius 2 is 1.22 bits per heavy atom. The zero-order valence-corrected chi connectivity index (χ0v) is 20.9. The molecule has 0 spiro atoms. The molecule has 2 heterocycles. The Bertz CT molecular complexity index is 312. The van der Waals surface area contributed by atoms with Gasteiger partial charge in [0.15, 0.2) is 0 Å². The van der Waals surface area contributed by atoms with Crippen LogP contribution >= 0.6 is 0 Å². The van der Waals surface area contributed by atoms with Crippen molar-refractivity contribution in [3.8, 4) is 0 Å². The first-order chi connectivity index (χ1) is 12.5. The molecule has 0 aliphatic carbocycles. The molecule has 0 aromatic rings. The molecular weight excluding hydrogens is 347 g/mol. The van der Waals surface area contributed by atoms with Gasteiger partial charge >= 0.3 is 29.6 Å². The predicted octanol–water partition coefficient (Wildman–Crippen LogP) is 0.542. The summed E-state index contributed by atoms with van der Waals surface area (Å²) in [4.78, 5) is 4.98. The molecule has 4 nitrogen and oxygen atoms in total. The molecule has 0 aromatic carbocycles. The van der Waals surface area contributed by atoms with E-state index in [0.29, 0.717) is 5.41 Å². The van der Waals surface area contributed by atoms with Crippen LogP contribution in [0, 0.1) is 5.41 Å². The van der Waals surface area contributed by atoms with Crippen LogP contribution in [0.2, 0.25) is 0 Å². The number of hydrogen-bond acceptors (Lipinski definition) is 4. The molecule has 0 aromatic heterocycles. The standard InChI is InChI=1S/C14H29NO.C8H16NO.Na/c1-14(2,3)8-13-16-12-7-11-15-9-5-4-6-10-15;10-8-4-7-9-5-2-1-3-6-9;/h4-13H2,1-3H3;1-8H2;/q;-1;+1. The molecule has 0 amide bonds. The van der Waals surface area contributed by atoms with Gasteiger partial charge < -0.3 is 19.6 Å². The fourth-order valence-electron chi connectivity index (χ4n) is 3.52. The van der Waals surface area contributed by atoms with Crippen molar-refractivity contribution in [2.24, 2.45) is 5.41 Å². The van der Waals surface area contributed by atoms with E-state index in [1.54, 1.807) is 0 Å². The molecule has 0 bridgehead atoms. The molecule has 0 N–H and O–H groups in total. The SMILES string of the molecule is CC(C)(C)CCOCCCN1CCCCC1.[Na+].[O-]CCCN1CCCCC1. The molecule has 0 atom stereocenters. The van der Waals surface area contributed by atoms with Crippen LogP contribution in [-0.2, 0) is 4.74 Å². The molecule has 156 valence electrons. The number of likely N-dealkylation sites (tertiary alicyclic amines) is 2. The molecule has 2 rings (SSSR count). The quantitative estimate of drug-likeness (QED) is 0.424. The van der Waals surface area contributed by atoms with E-state index >= 15 is 0 Å². The van der Waals surface area contributed by atoms with Gasteiger partial charge in [-0.15, -0.1) is 6.61 Å². The summed E-state index contributed by atoms with van der Waals surface area (Å²) >= 11 is 0. The Kier molecular flexibility index (Phi) is 18.2. The number of nitrogens with zero attached hydrogens (tertiary/aromatic N) is 2. The maximum atomic E-state index is 10.1. The van der Waals surface area contributed by atoms with Crippen molar-refractivity contribution in [3.05, 3.63) is 0 Å². The largest absolute Gasteiger partial charge is 1.00 e. The number of ether oxygens (including phenoxy) is 1. The molecule has 27 heavy (non-hydrogen) atoms. The van der Waals surface area contributed by atoms with Crippen LogP contribution in [0.4, 0.5) is 0 Å². The van der Waals surface area contributed by atoms with Crippen LogP contribution < -0.4 is 34.7 Å². The predicted molar refractivity (Wildman–Crippen MR) is 110 cm³/mol. The number of hydrogen-bond donors (Lipinski definition) is 0. The van der Waals surface area contributed by atoms with Crippen molar-refractivity contribution < 1.29 is 39.4 Å². The van der Waals surface area contributed by atoms with Gasteiger partial charge in [-0.05, 0) is 76.7 Å². The van der Waals surface area contributed by atoms with Gasteiger partial charge in [-0.3, -0.25) is 0 Å². The molecular formula is C22H45N2NaO2.